The zero-order valence-electron chi connectivity index (χ0n) is 9.21. The molecule has 1 aromatic rings. The molecule has 0 bridgehead atoms. The monoisotopic (exact) mass is 280 g/mol. The van der Waals surface area contributed by atoms with Gasteiger partial charge in [-0.1, -0.05) is 0 Å². The van der Waals surface area contributed by atoms with E-state index >= 15 is 0 Å². The molecule has 18 heavy (non-hydrogen) atoms. The largest absolute Gasteiger partial charge is 0.574 e. The van der Waals surface area contributed by atoms with Crippen molar-refractivity contribution in [3.63, 3.8) is 0 Å². The Morgan fingerprint density at radius 1 is 1.50 bits per heavy atom. The van der Waals surface area contributed by atoms with E-state index < -0.39 is 12.2 Å². The summed E-state index contributed by atoms with van der Waals surface area (Å²) in [6.07, 6.45) is -5.04. The molecule has 0 aliphatic rings. The molecule has 0 saturated carbocycles. The summed E-state index contributed by atoms with van der Waals surface area (Å²) in [6, 6.07) is 2.76. The van der Waals surface area contributed by atoms with Gasteiger partial charge in [-0.15, -0.1) is 24.8 Å². The molecule has 0 radical (unpaired) electrons. The molecule has 0 unspecified atom stereocenters. The van der Waals surface area contributed by atoms with Gasteiger partial charge in [-0.05, 0) is 0 Å². The summed E-state index contributed by atoms with van der Waals surface area (Å²) in [5, 5.41) is 8.59. The summed E-state index contributed by atoms with van der Waals surface area (Å²) in [6.45, 7) is 0. The van der Waals surface area contributed by atoms with Crippen LogP contribution in [-0.2, 0) is 12.3 Å². The van der Waals surface area contributed by atoms with Crippen molar-refractivity contribution in [3.05, 3.63) is 17.3 Å². The third-order valence-electron chi connectivity index (χ3n) is 1.97. The van der Waals surface area contributed by atoms with E-state index in [0.29, 0.717) is 5.56 Å². The molecule has 0 saturated heterocycles. The number of hydrogen-bond donors (Lipinski definition) is 0. The zero-order valence-corrected chi connectivity index (χ0v) is 9.97. The molecule has 1 rings (SSSR count). The summed E-state index contributed by atoms with van der Waals surface area (Å²) >= 11 is 5.64. The van der Waals surface area contributed by atoms with E-state index in [2.05, 4.69) is 9.72 Å². The van der Waals surface area contributed by atoms with Gasteiger partial charge in [-0.2, -0.15) is 5.26 Å². The van der Waals surface area contributed by atoms with Gasteiger partial charge >= 0.3 is 6.36 Å². The van der Waals surface area contributed by atoms with Crippen LogP contribution in [0.1, 0.15) is 11.3 Å². The number of pyridine rings is 1. The Kier molecular flexibility index (Phi) is 4.62. The number of rotatable bonds is 4. The third kappa shape index (κ3) is 3.67. The molecule has 1 heterocycles. The van der Waals surface area contributed by atoms with E-state index in [1.807, 2.05) is 0 Å². The number of methoxy groups -OCH3 is 1. The van der Waals surface area contributed by atoms with Crippen molar-refractivity contribution in [2.45, 2.75) is 18.7 Å². The van der Waals surface area contributed by atoms with E-state index in [1.165, 1.54) is 7.11 Å². The average molecular weight is 281 g/mol. The number of hydrogen-bond acceptors (Lipinski definition) is 4. The first-order chi connectivity index (χ1) is 8.41. The Bertz CT molecular complexity index is 471. The number of nitrogens with zero attached hydrogens (tertiary/aromatic N) is 2. The smallest absolute Gasteiger partial charge is 0.496 e. The number of nitriles is 1. The van der Waals surface area contributed by atoms with E-state index in [0.717, 1.165) is 6.07 Å². The van der Waals surface area contributed by atoms with Crippen LogP contribution in [0.4, 0.5) is 13.2 Å². The Morgan fingerprint density at radius 2 is 2.17 bits per heavy atom. The Hall–Kier alpha value is -1.68. The van der Waals surface area contributed by atoms with E-state index in [1.54, 1.807) is 6.07 Å². The zero-order chi connectivity index (χ0) is 13.8. The maximum absolute atomic E-state index is 12.1. The lowest BCUT2D eigenvalue weighted by Gasteiger charge is -2.13. The minimum atomic E-state index is -4.86. The molecule has 98 valence electrons. The van der Waals surface area contributed by atoms with Crippen LogP contribution in [0, 0.1) is 11.3 Å². The molecular weight excluding hydrogens is 273 g/mol. The van der Waals surface area contributed by atoms with Gasteiger partial charge in [0.05, 0.1) is 31.2 Å². The van der Waals surface area contributed by atoms with E-state index in [-0.39, 0.29) is 23.7 Å². The minimum Gasteiger partial charge on any atom is -0.496 e. The number of aromatic nitrogens is 1. The molecule has 0 N–H and O–H groups in total. The first-order valence-electron chi connectivity index (χ1n) is 4.66. The SMILES string of the molecule is COc1cc(OC(F)(F)F)nc(CC#N)c1CCl. The summed E-state index contributed by atoms with van der Waals surface area (Å²) in [4.78, 5) is 3.60. The van der Waals surface area contributed by atoms with Gasteiger partial charge < -0.3 is 9.47 Å². The molecule has 0 atom stereocenters. The van der Waals surface area contributed by atoms with Crippen molar-refractivity contribution in [1.29, 1.82) is 5.26 Å². The predicted octanol–water partition coefficient (Wildman–Crippen LogP) is 2.79. The van der Waals surface area contributed by atoms with Crippen LogP contribution in [0.5, 0.6) is 11.6 Å². The van der Waals surface area contributed by atoms with E-state index in [9.17, 15) is 13.2 Å². The van der Waals surface area contributed by atoms with Gasteiger partial charge in [-0.25, -0.2) is 4.98 Å². The number of halogens is 4. The molecule has 4 nitrogen and oxygen atoms in total. The Morgan fingerprint density at radius 3 is 2.61 bits per heavy atom. The van der Waals surface area contributed by atoms with Gasteiger partial charge in [0, 0.05) is 11.6 Å². The van der Waals surface area contributed by atoms with Crippen LogP contribution in [0.15, 0.2) is 6.07 Å². The van der Waals surface area contributed by atoms with Crippen molar-refractivity contribution >= 4 is 11.6 Å². The molecule has 0 aliphatic carbocycles. The third-order valence-corrected chi connectivity index (χ3v) is 2.23. The number of alkyl halides is 4. The van der Waals surface area contributed by atoms with Crippen LogP contribution in [0.25, 0.3) is 0 Å². The molecule has 0 aliphatic heterocycles. The second kappa shape index (κ2) is 5.78. The topological polar surface area (TPSA) is 55.1 Å². The summed E-state index contributed by atoms with van der Waals surface area (Å²) in [5.41, 5.74) is 0.473. The highest BCUT2D eigenvalue weighted by molar-refractivity contribution is 6.17. The lowest BCUT2D eigenvalue weighted by Crippen LogP contribution is -2.18. The van der Waals surface area contributed by atoms with Gasteiger partial charge in [0.15, 0.2) is 0 Å². The quantitative estimate of drug-likeness (QED) is 0.796. The highest BCUT2D eigenvalue weighted by Gasteiger charge is 2.32. The molecule has 0 fully saturated rings. The lowest BCUT2D eigenvalue weighted by atomic mass is 10.1. The van der Waals surface area contributed by atoms with Crippen molar-refractivity contribution in [1.82, 2.24) is 4.98 Å². The number of ether oxygens (including phenoxy) is 2. The summed E-state index contributed by atoms with van der Waals surface area (Å²) < 4.78 is 44.8. The molecule has 1 aromatic heterocycles. The van der Waals surface area contributed by atoms with Crippen LogP contribution in [-0.4, -0.2) is 18.5 Å². The van der Waals surface area contributed by atoms with Crippen LogP contribution >= 0.6 is 11.6 Å². The van der Waals surface area contributed by atoms with Crippen LogP contribution < -0.4 is 9.47 Å². The predicted molar refractivity (Wildman–Crippen MR) is 56.3 cm³/mol. The Balaban J connectivity index is 3.23. The first-order valence-corrected chi connectivity index (χ1v) is 5.20. The summed E-state index contributed by atoms with van der Waals surface area (Å²) in [5.74, 6) is -0.609. The maximum atomic E-state index is 12.1. The maximum Gasteiger partial charge on any atom is 0.574 e. The summed E-state index contributed by atoms with van der Waals surface area (Å²) in [7, 11) is 1.28. The molecule has 0 aromatic carbocycles. The van der Waals surface area contributed by atoms with Crippen molar-refractivity contribution in [2.75, 3.05) is 7.11 Å². The lowest BCUT2D eigenvalue weighted by molar-refractivity contribution is -0.276. The van der Waals surface area contributed by atoms with Gasteiger partial charge in [0.25, 0.3) is 0 Å². The fourth-order valence-electron chi connectivity index (χ4n) is 1.29. The van der Waals surface area contributed by atoms with Crippen molar-refractivity contribution in [3.8, 4) is 17.7 Å². The fraction of sp³-hybridized carbons (Fsp3) is 0.400. The standard InChI is InChI=1S/C10H8ClF3N2O2/c1-17-8-4-9(18-10(12,13)14)16-7(2-3-15)6(8)5-11/h4H,2,5H2,1H3. The molecule has 0 spiro atoms. The highest BCUT2D eigenvalue weighted by Crippen LogP contribution is 2.30. The fourth-order valence-corrected chi connectivity index (χ4v) is 1.58. The highest BCUT2D eigenvalue weighted by atomic mass is 35.5. The van der Waals surface area contributed by atoms with Gasteiger partial charge in [0.2, 0.25) is 5.88 Å². The second-order valence-corrected chi connectivity index (χ2v) is 3.37. The van der Waals surface area contributed by atoms with Gasteiger partial charge in [-0.3, -0.25) is 0 Å². The molecule has 0 amide bonds. The first kappa shape index (κ1) is 14.4. The van der Waals surface area contributed by atoms with Crippen LogP contribution in [0.3, 0.4) is 0 Å². The van der Waals surface area contributed by atoms with E-state index in [4.69, 9.17) is 21.6 Å². The van der Waals surface area contributed by atoms with Crippen molar-refractivity contribution in [2.24, 2.45) is 0 Å². The second-order valence-electron chi connectivity index (χ2n) is 3.10. The normalized spacial score (nSPS) is 10.9. The van der Waals surface area contributed by atoms with Crippen LogP contribution in [0.2, 0.25) is 0 Å². The average Bonchev–Trinajstić information content (AvgIpc) is 2.26. The minimum absolute atomic E-state index is 0.0283. The molecule has 8 heteroatoms. The molecular formula is C10H8ClF3N2O2. The van der Waals surface area contributed by atoms with Crippen molar-refractivity contribution < 1.29 is 22.6 Å². The van der Waals surface area contributed by atoms with Gasteiger partial charge in [0.1, 0.15) is 5.75 Å². The Labute approximate surface area is 106 Å².